The average molecular weight is 1400 g/mol. The number of rotatable bonds is 17. The maximum Gasteiger partial charge on any atom is 0.312 e. The Morgan fingerprint density at radius 3 is 1.02 bits per heavy atom. The predicted molar refractivity (Wildman–Crippen MR) is 381 cm³/mol. The minimum Gasteiger partial charge on any atom is -0.364 e. The Morgan fingerprint density at radius 1 is 0.363 bits per heavy atom. The van der Waals surface area contributed by atoms with Crippen molar-refractivity contribution in [2.75, 3.05) is 26.6 Å². The first-order valence-corrected chi connectivity index (χ1v) is 32.9. The van der Waals surface area contributed by atoms with Gasteiger partial charge in [-0.3, -0.25) is 0 Å². The van der Waals surface area contributed by atoms with Crippen molar-refractivity contribution in [3.63, 3.8) is 0 Å². The van der Waals surface area contributed by atoms with E-state index < -0.39 is 30.4 Å². The van der Waals surface area contributed by atoms with Gasteiger partial charge in [0.15, 0.2) is 84.9 Å². The molecule has 5 aromatic carbocycles. The first kappa shape index (κ1) is 69.7. The van der Waals surface area contributed by atoms with Gasteiger partial charge in [-0.05, 0) is 60.6 Å². The number of aryl methyl sites for hydroxylation is 3. The summed E-state index contributed by atoms with van der Waals surface area (Å²) in [6.07, 6.45) is 9.02. The molecule has 1 aliphatic rings. The third-order valence-electron chi connectivity index (χ3n) is 16.3. The number of nitrogens with one attached hydrogen (secondary N) is 5. The monoisotopic (exact) mass is 1400 g/mol. The van der Waals surface area contributed by atoms with Gasteiger partial charge < -0.3 is 49.4 Å². The van der Waals surface area contributed by atoms with Crippen LogP contribution in [0, 0.1) is 30.4 Å². The van der Waals surface area contributed by atoms with E-state index in [1.807, 2.05) is 163 Å². The van der Waals surface area contributed by atoms with E-state index >= 15 is 0 Å². The zero-order valence-corrected chi connectivity index (χ0v) is 56.7. The number of aromatic nitrogens is 20. The number of hydrogen-bond acceptors (Lipinski definition) is 20. The molecule has 1 aliphatic carbocycles. The number of imidazole rings is 5. The second kappa shape index (κ2) is 32.6. The Labute approximate surface area is 585 Å². The van der Waals surface area contributed by atoms with Crippen molar-refractivity contribution < 1.29 is 22.0 Å². The predicted octanol–water partition coefficient (Wildman–Crippen LogP) is 13.8. The molecule has 10 heterocycles. The van der Waals surface area contributed by atoms with E-state index in [2.05, 4.69) is 101 Å². The average Bonchev–Trinajstić information content (AvgIpc) is 1.70. The van der Waals surface area contributed by atoms with Gasteiger partial charge in [-0.2, -0.15) is 71.8 Å². The molecule has 16 rings (SSSR count). The lowest BCUT2D eigenvalue weighted by Gasteiger charge is -2.12. The van der Waals surface area contributed by atoms with Crippen LogP contribution in [0.5, 0.6) is 0 Å². The Balaban J connectivity index is 0.000000121. The van der Waals surface area contributed by atoms with Crippen LogP contribution in [0.2, 0.25) is 5.02 Å². The van der Waals surface area contributed by atoms with E-state index in [1.165, 1.54) is 12.8 Å². The van der Waals surface area contributed by atoms with E-state index in [9.17, 15) is 22.0 Å². The van der Waals surface area contributed by atoms with Gasteiger partial charge in [-0.1, -0.05) is 164 Å². The Kier molecular flexibility index (Phi) is 22.3. The number of benzene rings is 5. The SMILES string of the molecule is CC(C)n1cnc2c(NCc3ccccc3)nc([18F])nc21.Cn1cnc2c(NCc3ccccc3)nc(F)nc21.Cn1cnc2c(NCc3ccccc3)nc([18F])nc21.Cn1cnc2c(NCc3ccccc3Cl)nc(F)nc21.[18F]c1nc(NCc2ccccc2)c2ncn(C3CCCC3)c2n1. The fourth-order valence-electron chi connectivity index (χ4n) is 11.1. The molecule has 0 spiro atoms. The minimum absolute atomic E-state index is 0.159. The number of hydrogen-bond donors (Lipinski definition) is 5. The highest BCUT2D eigenvalue weighted by Gasteiger charge is 2.23. The summed E-state index contributed by atoms with van der Waals surface area (Å²) in [5.41, 5.74) is 10.6. The van der Waals surface area contributed by atoms with Gasteiger partial charge in [0.2, 0.25) is 0 Å². The normalized spacial score (nSPS) is 12.0. The molecule has 0 amide bonds. The van der Waals surface area contributed by atoms with Crippen LogP contribution in [0.3, 0.4) is 0 Å². The van der Waals surface area contributed by atoms with Crippen molar-refractivity contribution in [3.8, 4) is 0 Å². The van der Waals surface area contributed by atoms with Crippen LogP contribution in [0.15, 0.2) is 177 Å². The smallest absolute Gasteiger partial charge is 0.312 e. The highest BCUT2D eigenvalue weighted by Crippen LogP contribution is 2.33. The van der Waals surface area contributed by atoms with Crippen LogP contribution < -0.4 is 26.6 Å². The van der Waals surface area contributed by atoms with Gasteiger partial charge in [0.1, 0.15) is 0 Å². The number of fused-ring (bicyclic) bond motifs is 5. The molecule has 1 saturated carbocycles. The molecule has 102 heavy (non-hydrogen) atoms. The molecule has 25 nitrogen and oxygen atoms in total. The van der Waals surface area contributed by atoms with Crippen molar-refractivity contribution >= 4 is 96.5 Å². The Hall–Kier alpha value is -12.2. The molecule has 0 bridgehead atoms. The molecule has 10 aromatic heterocycles. The number of nitrogens with zero attached hydrogens (tertiary/aromatic N) is 20. The molecular formula is C71H69ClF5N25. The van der Waals surface area contributed by atoms with Gasteiger partial charge in [-0.15, -0.1) is 0 Å². The molecule has 15 aromatic rings. The zero-order chi connectivity index (χ0) is 71.1. The van der Waals surface area contributed by atoms with Gasteiger partial charge in [0.05, 0.1) is 31.6 Å². The van der Waals surface area contributed by atoms with Crippen molar-refractivity contribution in [1.29, 1.82) is 0 Å². The van der Waals surface area contributed by atoms with Crippen LogP contribution in [0.25, 0.3) is 55.8 Å². The lowest BCUT2D eigenvalue weighted by atomic mass is 10.2. The van der Waals surface area contributed by atoms with Gasteiger partial charge >= 0.3 is 30.4 Å². The summed E-state index contributed by atoms with van der Waals surface area (Å²) in [7, 11) is 5.28. The summed E-state index contributed by atoms with van der Waals surface area (Å²) in [5.74, 6) is 2.04. The number of halogens is 6. The molecule has 520 valence electrons. The summed E-state index contributed by atoms with van der Waals surface area (Å²) in [6, 6.07) is 47.4. The quantitative estimate of drug-likeness (QED) is 0.0418. The van der Waals surface area contributed by atoms with Crippen LogP contribution in [0.4, 0.5) is 51.0 Å². The van der Waals surface area contributed by atoms with Gasteiger partial charge in [-0.25, -0.2) is 24.9 Å². The summed E-state index contributed by atoms with van der Waals surface area (Å²) < 4.78 is 76.5. The third-order valence-corrected chi connectivity index (χ3v) is 16.6. The molecule has 5 N–H and O–H groups in total. The number of anilines is 5. The first-order valence-electron chi connectivity index (χ1n) is 32.5. The second-order valence-electron chi connectivity index (χ2n) is 23.8. The van der Waals surface area contributed by atoms with Gasteiger partial charge in [0, 0.05) is 71.0 Å². The Bertz CT molecular complexity index is 5140. The molecule has 31 heteroatoms. The molecule has 1 fully saturated rings. The minimum atomic E-state index is -0.789. The largest absolute Gasteiger partial charge is 0.364 e. The maximum absolute atomic E-state index is 13.9. The van der Waals surface area contributed by atoms with E-state index in [0.717, 1.165) is 40.7 Å². The standard InChI is InChI=1S/C17H18FN5.C15H16FN5.C13H11ClFN5.2C13H12FN5/c18-17-21-15(19-10-12-6-2-1-3-7-12)14-16(22-17)23(11-20-14)13-8-4-5-9-13;1-10(2)21-9-18-12-13(19-15(16)20-14(12)21)17-8-11-6-4-3-5-7-11;1-20-7-17-10-11(18-13(15)19-12(10)20)16-6-8-4-2-3-5-9(8)14;2*1-19-8-16-10-11(17-13(14)18-12(10)19)15-7-9-5-3-2-4-6-9/h1-3,6-7,11,13H,4-5,8-10H2,(H,19,21,22);3-7,9-10H,8H2,1-2H3,(H,17,19,20);2-5,7H,6H2,1H3,(H,16,18,19);2*2-6,8H,7H2,1H3,(H,15,17,18)/i18-1;16-1;;14-1;. The fraction of sp³-hybridized carbons (Fsp3) is 0.225. The lowest BCUT2D eigenvalue weighted by molar-refractivity contribution is 0.514. The van der Waals surface area contributed by atoms with Crippen LogP contribution >= 0.6 is 11.6 Å². The molecule has 0 saturated heterocycles. The van der Waals surface area contributed by atoms with E-state index in [-0.39, 0.29) is 6.04 Å². The molecular weight excluding hydrogens is 1330 g/mol. The molecule has 0 atom stereocenters. The maximum atomic E-state index is 13.9. The second-order valence-corrected chi connectivity index (χ2v) is 24.2. The highest BCUT2D eigenvalue weighted by atomic mass is 35.5. The molecule has 0 unspecified atom stereocenters. The third kappa shape index (κ3) is 17.3. The zero-order valence-electron chi connectivity index (χ0n) is 56.0. The van der Waals surface area contributed by atoms with Crippen LogP contribution in [-0.2, 0) is 53.9 Å². The summed E-state index contributed by atoms with van der Waals surface area (Å²) in [4.78, 5) is 59.3. The van der Waals surface area contributed by atoms with E-state index in [4.69, 9.17) is 11.6 Å². The Morgan fingerprint density at radius 2 is 0.657 bits per heavy atom. The van der Waals surface area contributed by atoms with Crippen LogP contribution in [0.1, 0.15) is 79.4 Å². The summed E-state index contributed by atoms with van der Waals surface area (Å²) >= 11 is 6.08. The van der Waals surface area contributed by atoms with Crippen LogP contribution in [-0.4, -0.2) is 97.6 Å². The van der Waals surface area contributed by atoms with Crippen molar-refractivity contribution in [2.24, 2.45) is 21.1 Å². The topological polar surface area (TPSA) is 278 Å². The molecule has 0 radical (unpaired) electrons. The van der Waals surface area contributed by atoms with E-state index in [1.54, 1.807) is 72.5 Å². The summed E-state index contributed by atoms with van der Waals surface area (Å²) in [6.45, 7) is 6.67. The van der Waals surface area contributed by atoms with Crippen molar-refractivity contribution in [3.05, 3.63) is 240 Å². The van der Waals surface area contributed by atoms with E-state index in [0.29, 0.717) is 129 Å². The van der Waals surface area contributed by atoms with Gasteiger partial charge in [0.25, 0.3) is 0 Å². The fourth-order valence-corrected chi connectivity index (χ4v) is 11.3. The first-order chi connectivity index (χ1) is 49.6. The van der Waals surface area contributed by atoms with Crippen molar-refractivity contribution in [1.82, 2.24) is 97.6 Å². The summed E-state index contributed by atoms with van der Waals surface area (Å²) in [5, 5.41) is 16.2. The molecule has 0 aliphatic heterocycles. The lowest BCUT2D eigenvalue weighted by Crippen LogP contribution is -2.07. The highest BCUT2D eigenvalue weighted by molar-refractivity contribution is 6.31. The van der Waals surface area contributed by atoms with Crippen molar-refractivity contribution in [2.45, 2.75) is 84.3 Å².